The van der Waals surface area contributed by atoms with Gasteiger partial charge in [-0.25, -0.2) is 8.78 Å². The van der Waals surface area contributed by atoms with Gasteiger partial charge in [0.1, 0.15) is 0 Å². The van der Waals surface area contributed by atoms with Crippen LogP contribution in [0.15, 0.2) is 6.07 Å². The van der Waals surface area contributed by atoms with Gasteiger partial charge in [0, 0.05) is 25.4 Å². The van der Waals surface area contributed by atoms with Gasteiger partial charge in [0.25, 0.3) is 5.92 Å². The molecular weight excluding hydrogens is 224 g/mol. The van der Waals surface area contributed by atoms with E-state index in [4.69, 9.17) is 5.73 Å². The first kappa shape index (κ1) is 12.5. The van der Waals surface area contributed by atoms with E-state index >= 15 is 0 Å². The van der Waals surface area contributed by atoms with Crippen LogP contribution in [0.25, 0.3) is 0 Å². The van der Waals surface area contributed by atoms with Gasteiger partial charge < -0.3 is 5.73 Å². The summed E-state index contributed by atoms with van der Waals surface area (Å²) < 4.78 is 28.6. The molecule has 1 saturated carbocycles. The minimum atomic E-state index is -2.69. The summed E-state index contributed by atoms with van der Waals surface area (Å²) in [5, 5.41) is 4.33. The predicted octanol–water partition coefficient (Wildman–Crippen LogP) is 1.95. The van der Waals surface area contributed by atoms with Crippen LogP contribution in [0.3, 0.4) is 0 Å². The van der Waals surface area contributed by atoms with Crippen LogP contribution >= 0.6 is 0 Å². The van der Waals surface area contributed by atoms with Gasteiger partial charge >= 0.3 is 0 Å². The maximum Gasteiger partial charge on any atom is 0.261 e. The van der Waals surface area contributed by atoms with Gasteiger partial charge in [0.2, 0.25) is 0 Å². The van der Waals surface area contributed by atoms with Crippen molar-refractivity contribution in [1.82, 2.24) is 9.78 Å². The molecule has 0 radical (unpaired) electrons. The van der Waals surface area contributed by atoms with E-state index in [9.17, 15) is 8.78 Å². The summed E-state index contributed by atoms with van der Waals surface area (Å²) in [6.07, 6.45) is -0.167. The number of aromatic nitrogens is 2. The fourth-order valence-corrected chi connectivity index (χ4v) is 2.22. The molecule has 1 aromatic heterocycles. The zero-order valence-electron chi connectivity index (χ0n) is 10.7. The van der Waals surface area contributed by atoms with E-state index < -0.39 is 11.3 Å². The summed E-state index contributed by atoms with van der Waals surface area (Å²) in [5.41, 5.74) is 5.58. The van der Waals surface area contributed by atoms with E-state index in [0.717, 1.165) is 5.69 Å². The lowest BCUT2D eigenvalue weighted by Gasteiger charge is -2.14. The van der Waals surface area contributed by atoms with Gasteiger partial charge in [-0.3, -0.25) is 4.68 Å². The van der Waals surface area contributed by atoms with Crippen molar-refractivity contribution in [2.75, 3.05) is 6.54 Å². The van der Waals surface area contributed by atoms with Crippen molar-refractivity contribution in [2.24, 2.45) is 12.8 Å². The molecule has 2 N–H and O–H groups in total. The molecule has 0 bridgehead atoms. The minimum Gasteiger partial charge on any atom is -0.329 e. The van der Waals surface area contributed by atoms with E-state index in [1.807, 2.05) is 20.8 Å². The van der Waals surface area contributed by atoms with Crippen LogP contribution in [0.1, 0.15) is 38.6 Å². The van der Waals surface area contributed by atoms with Gasteiger partial charge in [-0.05, 0) is 6.07 Å². The molecule has 1 aromatic rings. The molecule has 1 aliphatic carbocycles. The summed E-state index contributed by atoms with van der Waals surface area (Å²) in [6.45, 7) is 6.00. The van der Waals surface area contributed by atoms with E-state index in [0.29, 0.717) is 5.69 Å². The zero-order valence-corrected chi connectivity index (χ0v) is 10.7. The second-order valence-corrected chi connectivity index (χ2v) is 5.96. The van der Waals surface area contributed by atoms with Crippen LogP contribution in [0.4, 0.5) is 8.78 Å². The Balaban J connectivity index is 2.45. The molecule has 3 nitrogen and oxygen atoms in total. The lowest BCUT2D eigenvalue weighted by Crippen LogP contribution is -2.29. The molecule has 1 unspecified atom stereocenters. The van der Waals surface area contributed by atoms with Gasteiger partial charge in [0.15, 0.2) is 0 Å². The Morgan fingerprint density at radius 3 is 2.29 bits per heavy atom. The first-order chi connectivity index (χ1) is 7.64. The standard InChI is InChI=1S/C12H19F2N3/c1-10(2,3)8-5-9(17(4)16-8)11(7-15)6-12(11,13)14/h5H,6-7,15H2,1-4H3. The molecule has 17 heavy (non-hydrogen) atoms. The van der Waals surface area contributed by atoms with Crippen molar-refractivity contribution in [3.05, 3.63) is 17.5 Å². The highest BCUT2D eigenvalue weighted by Gasteiger charge is 2.72. The summed E-state index contributed by atoms with van der Waals surface area (Å²) >= 11 is 0. The van der Waals surface area contributed by atoms with Crippen LogP contribution in [-0.4, -0.2) is 22.2 Å². The topological polar surface area (TPSA) is 43.8 Å². The molecule has 1 heterocycles. The van der Waals surface area contributed by atoms with Crippen molar-refractivity contribution in [3.63, 3.8) is 0 Å². The highest BCUT2D eigenvalue weighted by Crippen LogP contribution is 2.60. The van der Waals surface area contributed by atoms with E-state index in [1.54, 1.807) is 17.8 Å². The van der Waals surface area contributed by atoms with Crippen LogP contribution in [0, 0.1) is 0 Å². The Hall–Kier alpha value is -0.970. The van der Waals surface area contributed by atoms with Crippen LogP contribution in [-0.2, 0) is 17.9 Å². The van der Waals surface area contributed by atoms with E-state index in [1.165, 1.54) is 0 Å². The molecule has 5 heteroatoms. The molecule has 2 rings (SSSR count). The molecule has 96 valence electrons. The second-order valence-electron chi connectivity index (χ2n) is 5.96. The third-order valence-electron chi connectivity index (χ3n) is 3.59. The van der Waals surface area contributed by atoms with Crippen LogP contribution in [0.5, 0.6) is 0 Å². The number of halogens is 2. The predicted molar refractivity (Wildman–Crippen MR) is 62.2 cm³/mol. The molecule has 0 aliphatic heterocycles. The van der Waals surface area contributed by atoms with Crippen LogP contribution < -0.4 is 5.73 Å². The number of rotatable bonds is 2. The average Bonchev–Trinajstić information content (AvgIpc) is 2.53. The molecule has 0 saturated heterocycles. The van der Waals surface area contributed by atoms with Crippen molar-refractivity contribution in [1.29, 1.82) is 0 Å². The first-order valence-corrected chi connectivity index (χ1v) is 5.77. The molecule has 0 amide bonds. The number of alkyl halides is 2. The van der Waals surface area contributed by atoms with Gasteiger partial charge in [-0.15, -0.1) is 0 Å². The summed E-state index contributed by atoms with van der Waals surface area (Å²) in [4.78, 5) is 0. The Bertz CT molecular complexity index is 445. The van der Waals surface area contributed by atoms with Crippen molar-refractivity contribution in [2.45, 2.75) is 43.9 Å². The normalized spacial score (nSPS) is 27.2. The van der Waals surface area contributed by atoms with Crippen molar-refractivity contribution < 1.29 is 8.78 Å². The van der Waals surface area contributed by atoms with Crippen molar-refractivity contribution >= 4 is 0 Å². The molecule has 1 aliphatic rings. The molecule has 0 spiro atoms. The Morgan fingerprint density at radius 2 is 2.00 bits per heavy atom. The number of nitrogens with two attached hydrogens (primary N) is 1. The van der Waals surface area contributed by atoms with Crippen LogP contribution in [0.2, 0.25) is 0 Å². The molecule has 1 fully saturated rings. The summed E-state index contributed by atoms with van der Waals surface area (Å²) in [7, 11) is 1.70. The molecular formula is C12H19F2N3. The third-order valence-corrected chi connectivity index (χ3v) is 3.59. The lowest BCUT2D eigenvalue weighted by atomic mass is 9.91. The van der Waals surface area contributed by atoms with Gasteiger partial charge in [-0.2, -0.15) is 5.10 Å². The smallest absolute Gasteiger partial charge is 0.261 e. The second kappa shape index (κ2) is 3.28. The zero-order chi connectivity index (χ0) is 13.1. The lowest BCUT2D eigenvalue weighted by molar-refractivity contribution is 0.0876. The van der Waals surface area contributed by atoms with Gasteiger partial charge in [-0.1, -0.05) is 20.8 Å². The number of nitrogens with zero attached hydrogens (tertiary/aromatic N) is 2. The highest BCUT2D eigenvalue weighted by molar-refractivity contribution is 5.36. The minimum absolute atomic E-state index is 0.0386. The SMILES string of the molecule is Cn1nc(C(C)(C)C)cc1C1(CN)CC1(F)F. The summed E-state index contributed by atoms with van der Waals surface area (Å²) in [5.74, 6) is -2.69. The Morgan fingerprint density at radius 1 is 1.47 bits per heavy atom. The van der Waals surface area contributed by atoms with Crippen molar-refractivity contribution in [3.8, 4) is 0 Å². The first-order valence-electron chi connectivity index (χ1n) is 5.77. The fraction of sp³-hybridized carbons (Fsp3) is 0.750. The monoisotopic (exact) mass is 243 g/mol. The number of hydrogen-bond acceptors (Lipinski definition) is 2. The summed E-state index contributed by atoms with van der Waals surface area (Å²) in [6, 6.07) is 1.77. The molecule has 0 aromatic carbocycles. The molecule has 1 atom stereocenters. The average molecular weight is 243 g/mol. The number of hydrogen-bond donors (Lipinski definition) is 1. The maximum absolute atomic E-state index is 13.5. The number of aryl methyl sites for hydroxylation is 1. The third kappa shape index (κ3) is 1.68. The fourth-order valence-electron chi connectivity index (χ4n) is 2.22. The Kier molecular flexibility index (Phi) is 2.41. The van der Waals surface area contributed by atoms with E-state index in [2.05, 4.69) is 5.10 Å². The Labute approximate surface area is 100.0 Å². The van der Waals surface area contributed by atoms with Gasteiger partial charge in [0.05, 0.1) is 16.8 Å². The quantitative estimate of drug-likeness (QED) is 0.862. The largest absolute Gasteiger partial charge is 0.329 e. The highest BCUT2D eigenvalue weighted by atomic mass is 19.3. The maximum atomic E-state index is 13.5. The van der Waals surface area contributed by atoms with E-state index in [-0.39, 0.29) is 18.4 Å².